The summed E-state index contributed by atoms with van der Waals surface area (Å²) in [6.45, 7) is 4.54. The van der Waals surface area contributed by atoms with Gasteiger partial charge in [-0.3, -0.25) is 14.7 Å². The van der Waals surface area contributed by atoms with Crippen molar-refractivity contribution in [2.24, 2.45) is 5.73 Å². The highest BCUT2D eigenvalue weighted by Gasteiger charge is 2.34. The van der Waals surface area contributed by atoms with Crippen LogP contribution in [0.4, 0.5) is 0 Å². The lowest BCUT2D eigenvalue weighted by atomic mass is 10.1. The van der Waals surface area contributed by atoms with Crippen molar-refractivity contribution in [3.63, 3.8) is 0 Å². The van der Waals surface area contributed by atoms with Crippen LogP contribution in [0.15, 0.2) is 12.1 Å². The van der Waals surface area contributed by atoms with Gasteiger partial charge in [-0.1, -0.05) is 0 Å². The molecule has 176 valence electrons. The highest BCUT2D eigenvalue weighted by atomic mass is 16.5. The van der Waals surface area contributed by atoms with E-state index in [1.165, 1.54) is 14.2 Å². The molecule has 1 aromatic heterocycles. The molecular weight excluding hydrogens is 418 g/mol. The van der Waals surface area contributed by atoms with Gasteiger partial charge in [0.25, 0.3) is 11.9 Å². The van der Waals surface area contributed by atoms with E-state index in [2.05, 4.69) is 15.2 Å². The van der Waals surface area contributed by atoms with Gasteiger partial charge in [0.05, 0.1) is 26.9 Å². The molecule has 0 saturated carbocycles. The number of likely N-dealkylation sites (tertiary alicyclic amines) is 1. The number of carboxylic acids is 1. The van der Waals surface area contributed by atoms with Gasteiger partial charge in [-0.05, 0) is 44.9 Å². The number of hydrogen-bond acceptors (Lipinski definition) is 8. The molecule has 0 spiro atoms. The lowest BCUT2D eigenvalue weighted by molar-refractivity contribution is -0.134. The zero-order valence-corrected chi connectivity index (χ0v) is 18.9. The molecule has 1 amide bonds. The number of carbonyl (C=O) groups excluding carboxylic acids is 1. The number of aryl methyl sites for hydroxylation is 1. The van der Waals surface area contributed by atoms with E-state index in [4.69, 9.17) is 29.8 Å². The summed E-state index contributed by atoms with van der Waals surface area (Å²) in [6.07, 6.45) is 2.44. The number of rotatable bonds is 8. The Morgan fingerprint density at radius 2 is 1.91 bits per heavy atom. The molecule has 2 heterocycles. The second-order valence-corrected chi connectivity index (χ2v) is 7.16. The van der Waals surface area contributed by atoms with Crippen molar-refractivity contribution in [1.82, 2.24) is 20.1 Å². The van der Waals surface area contributed by atoms with Crippen LogP contribution in [0.5, 0.6) is 17.2 Å². The summed E-state index contributed by atoms with van der Waals surface area (Å²) < 4.78 is 16.7. The smallest absolute Gasteiger partial charge is 0.300 e. The predicted molar refractivity (Wildman–Crippen MR) is 116 cm³/mol. The number of amides is 1. The van der Waals surface area contributed by atoms with Crippen molar-refractivity contribution in [2.75, 3.05) is 33.9 Å². The van der Waals surface area contributed by atoms with Gasteiger partial charge in [0, 0.05) is 19.0 Å². The first-order chi connectivity index (χ1) is 15.3. The van der Waals surface area contributed by atoms with Crippen LogP contribution in [0.2, 0.25) is 0 Å². The minimum Gasteiger partial charge on any atom is -0.493 e. The number of nitrogens with one attached hydrogen (secondary N) is 1. The number of ether oxygens (including phenoxy) is 3. The lowest BCUT2D eigenvalue weighted by Gasteiger charge is -2.23. The number of aromatic nitrogens is 3. The summed E-state index contributed by atoms with van der Waals surface area (Å²) in [5.74, 6) is 1.79. The molecule has 11 heteroatoms. The molecule has 4 N–H and O–H groups in total. The van der Waals surface area contributed by atoms with E-state index in [1.807, 2.05) is 6.92 Å². The van der Waals surface area contributed by atoms with E-state index >= 15 is 0 Å². The number of nitrogens with two attached hydrogens (primary N) is 1. The van der Waals surface area contributed by atoms with E-state index in [0.717, 1.165) is 25.6 Å². The molecule has 1 fully saturated rings. The third-order valence-electron chi connectivity index (χ3n) is 4.73. The first-order valence-electron chi connectivity index (χ1n) is 10.3. The van der Waals surface area contributed by atoms with E-state index in [-0.39, 0.29) is 11.9 Å². The van der Waals surface area contributed by atoms with Crippen LogP contribution in [-0.4, -0.2) is 71.0 Å². The number of aromatic amines is 1. The highest BCUT2D eigenvalue weighted by molar-refractivity contribution is 5.96. The molecule has 0 radical (unpaired) electrons. The molecule has 3 rings (SSSR count). The molecule has 0 bridgehead atoms. The molecule has 2 aromatic rings. The summed E-state index contributed by atoms with van der Waals surface area (Å²) in [6, 6.07) is 3.22. The Hall–Kier alpha value is -3.34. The van der Waals surface area contributed by atoms with Gasteiger partial charge in [-0.25, -0.2) is 4.98 Å². The van der Waals surface area contributed by atoms with Crippen LogP contribution in [0.1, 0.15) is 54.2 Å². The van der Waals surface area contributed by atoms with Crippen LogP contribution in [0, 0.1) is 6.92 Å². The van der Waals surface area contributed by atoms with Gasteiger partial charge < -0.3 is 30.0 Å². The Balaban J connectivity index is 0.000000837. The van der Waals surface area contributed by atoms with Gasteiger partial charge >= 0.3 is 0 Å². The average Bonchev–Trinajstić information content (AvgIpc) is 3.41. The molecule has 1 aliphatic rings. The van der Waals surface area contributed by atoms with Gasteiger partial charge in [-0.15, -0.1) is 0 Å². The zero-order chi connectivity index (χ0) is 23.7. The molecule has 1 aromatic carbocycles. The maximum atomic E-state index is 13.2. The number of hydrogen-bond donors (Lipinski definition) is 3. The van der Waals surface area contributed by atoms with Crippen LogP contribution in [-0.2, 0) is 4.79 Å². The second kappa shape index (κ2) is 11.9. The summed E-state index contributed by atoms with van der Waals surface area (Å²) in [5, 5.41) is 14.5. The van der Waals surface area contributed by atoms with Crippen molar-refractivity contribution in [2.45, 2.75) is 39.2 Å². The quantitative estimate of drug-likeness (QED) is 0.513. The average molecular weight is 450 g/mol. The number of nitrogens with zero attached hydrogens (tertiary/aromatic N) is 3. The fourth-order valence-electron chi connectivity index (χ4n) is 3.36. The number of carbonyl (C=O) groups is 2. The minimum absolute atomic E-state index is 0.116. The molecule has 1 unspecified atom stereocenters. The van der Waals surface area contributed by atoms with Crippen LogP contribution in [0.25, 0.3) is 0 Å². The van der Waals surface area contributed by atoms with Gasteiger partial charge in [0.1, 0.15) is 5.82 Å². The van der Waals surface area contributed by atoms with Crippen molar-refractivity contribution in [3.8, 4) is 17.2 Å². The fraction of sp³-hybridized carbons (Fsp3) is 0.524. The topological polar surface area (TPSA) is 153 Å². The van der Waals surface area contributed by atoms with Crippen molar-refractivity contribution >= 4 is 11.9 Å². The van der Waals surface area contributed by atoms with Crippen molar-refractivity contribution in [1.29, 1.82) is 0 Å². The molecule has 1 saturated heterocycles. The SMILES string of the molecule is CC(=O)O.COc1cc(C(=O)N2CCCC2c2n[nH]c(C)n2)cc(OC)c1OCCCN. The van der Waals surface area contributed by atoms with Crippen LogP contribution in [0.3, 0.4) is 0 Å². The first kappa shape index (κ1) is 24.9. The third-order valence-corrected chi connectivity index (χ3v) is 4.73. The number of methoxy groups -OCH3 is 2. The molecule has 11 nitrogen and oxygen atoms in total. The number of aliphatic carboxylic acids is 1. The molecular formula is C21H31N5O6. The van der Waals surface area contributed by atoms with Crippen molar-refractivity contribution in [3.05, 3.63) is 29.3 Å². The largest absolute Gasteiger partial charge is 0.493 e. The van der Waals surface area contributed by atoms with Gasteiger partial charge in [0.15, 0.2) is 17.3 Å². The Bertz CT molecular complexity index is 887. The number of benzene rings is 1. The summed E-state index contributed by atoms with van der Waals surface area (Å²) in [5.41, 5.74) is 6.00. The molecule has 1 atom stereocenters. The number of carboxylic acid groups (broad SMARTS) is 1. The monoisotopic (exact) mass is 449 g/mol. The fourth-order valence-corrected chi connectivity index (χ4v) is 3.36. The van der Waals surface area contributed by atoms with Gasteiger partial charge in [0.2, 0.25) is 5.75 Å². The standard InChI is InChI=1S/C19H27N5O4.C2H4O2/c1-12-21-18(23-22-12)14-6-4-8-24(14)19(25)13-10-15(26-2)17(16(11-13)27-3)28-9-5-7-20;1-2(3)4/h10-11,14H,4-9,20H2,1-3H3,(H,21,22,23);1H3,(H,3,4). The third kappa shape index (κ3) is 6.33. The Morgan fingerprint density at radius 1 is 1.28 bits per heavy atom. The summed E-state index contributed by atoms with van der Waals surface area (Å²) in [7, 11) is 3.07. The van der Waals surface area contributed by atoms with Crippen molar-refractivity contribution < 1.29 is 28.9 Å². The summed E-state index contributed by atoms with van der Waals surface area (Å²) >= 11 is 0. The Labute approximate surface area is 186 Å². The number of H-pyrrole nitrogens is 1. The minimum atomic E-state index is -0.833. The predicted octanol–water partition coefficient (Wildman–Crippen LogP) is 1.93. The Kier molecular flexibility index (Phi) is 9.26. The maximum absolute atomic E-state index is 13.2. The Morgan fingerprint density at radius 3 is 2.41 bits per heavy atom. The van der Waals surface area contributed by atoms with Crippen LogP contribution >= 0.6 is 0 Å². The molecule has 32 heavy (non-hydrogen) atoms. The maximum Gasteiger partial charge on any atom is 0.300 e. The highest BCUT2D eigenvalue weighted by Crippen LogP contribution is 2.40. The van der Waals surface area contributed by atoms with E-state index in [0.29, 0.717) is 54.8 Å². The summed E-state index contributed by atoms with van der Waals surface area (Å²) in [4.78, 5) is 28.4. The molecule has 1 aliphatic heterocycles. The van der Waals surface area contributed by atoms with Gasteiger partial charge in [-0.2, -0.15) is 5.10 Å². The zero-order valence-electron chi connectivity index (χ0n) is 18.9. The van der Waals surface area contributed by atoms with E-state index in [1.54, 1.807) is 17.0 Å². The normalized spacial score (nSPS) is 15.0. The van der Waals surface area contributed by atoms with E-state index in [9.17, 15) is 4.79 Å². The molecule has 0 aliphatic carbocycles. The first-order valence-corrected chi connectivity index (χ1v) is 10.3. The van der Waals surface area contributed by atoms with E-state index < -0.39 is 5.97 Å². The lowest BCUT2D eigenvalue weighted by Crippen LogP contribution is -2.31. The van der Waals surface area contributed by atoms with Crippen LogP contribution < -0.4 is 19.9 Å². The second-order valence-electron chi connectivity index (χ2n) is 7.16.